The number of hydrogen-bond donors (Lipinski definition) is 1. The van der Waals surface area contributed by atoms with Gasteiger partial charge in [-0.1, -0.05) is 0 Å². The molecular weight excluding hydrogens is 232 g/mol. The van der Waals surface area contributed by atoms with Gasteiger partial charge >= 0.3 is 0 Å². The molecule has 0 aromatic heterocycles. The summed E-state index contributed by atoms with van der Waals surface area (Å²) in [6.07, 6.45) is 2.39. The minimum absolute atomic E-state index is 0.263. The molecule has 0 amide bonds. The van der Waals surface area contributed by atoms with E-state index in [4.69, 9.17) is 4.74 Å². The number of carbonyl (C=O) groups excluding carboxylic acids is 1. The molecule has 0 aliphatic carbocycles. The molecule has 5 nitrogen and oxygen atoms in total. The van der Waals surface area contributed by atoms with Crippen LogP contribution in [0.3, 0.4) is 0 Å². The Labute approximate surface area is 109 Å². The number of aliphatic hydroxyl groups excluding tert-OH is 1. The first-order valence-corrected chi connectivity index (χ1v) is 6.65. The van der Waals surface area contributed by atoms with Gasteiger partial charge in [-0.15, -0.1) is 0 Å². The number of aldehydes is 1. The number of ether oxygens (including phenoxy) is 1. The van der Waals surface area contributed by atoms with E-state index in [0.717, 1.165) is 25.7 Å². The number of carbonyl (C=O) groups is 1. The van der Waals surface area contributed by atoms with E-state index in [9.17, 15) is 9.90 Å². The summed E-state index contributed by atoms with van der Waals surface area (Å²) in [5.41, 5.74) is -0.353. The molecule has 2 aliphatic rings. The minimum atomic E-state index is -0.353. The van der Waals surface area contributed by atoms with Crippen LogP contribution in [-0.4, -0.2) is 80.3 Å². The molecule has 2 saturated heterocycles. The first-order chi connectivity index (χ1) is 8.54. The highest BCUT2D eigenvalue weighted by atomic mass is 16.5. The van der Waals surface area contributed by atoms with Crippen molar-refractivity contribution in [3.05, 3.63) is 0 Å². The minimum Gasteiger partial charge on any atom is -0.392 e. The lowest BCUT2D eigenvalue weighted by atomic mass is 9.88. The Morgan fingerprint density at radius 1 is 1.56 bits per heavy atom. The normalized spacial score (nSPS) is 37.6. The van der Waals surface area contributed by atoms with Gasteiger partial charge in [-0.2, -0.15) is 0 Å². The fourth-order valence-corrected chi connectivity index (χ4v) is 3.05. The van der Waals surface area contributed by atoms with Gasteiger partial charge in [-0.3, -0.25) is 4.90 Å². The Hall–Kier alpha value is -0.490. The predicted octanol–water partition coefficient (Wildman–Crippen LogP) is -0.411. The molecule has 18 heavy (non-hydrogen) atoms. The topological polar surface area (TPSA) is 53.0 Å². The van der Waals surface area contributed by atoms with E-state index in [1.807, 2.05) is 14.1 Å². The van der Waals surface area contributed by atoms with Gasteiger partial charge in [-0.05, 0) is 26.9 Å². The van der Waals surface area contributed by atoms with Crippen LogP contribution in [-0.2, 0) is 9.53 Å². The van der Waals surface area contributed by atoms with Crippen LogP contribution in [0.1, 0.15) is 12.8 Å². The third-order valence-electron chi connectivity index (χ3n) is 3.98. The fraction of sp³-hybridized carbons (Fsp3) is 0.923. The van der Waals surface area contributed by atoms with E-state index < -0.39 is 0 Å². The predicted molar refractivity (Wildman–Crippen MR) is 68.5 cm³/mol. The van der Waals surface area contributed by atoms with Gasteiger partial charge in [0.25, 0.3) is 0 Å². The van der Waals surface area contributed by atoms with Gasteiger partial charge in [0.05, 0.1) is 18.1 Å². The maximum atomic E-state index is 11.3. The third kappa shape index (κ3) is 3.09. The first kappa shape index (κ1) is 13.9. The molecule has 0 radical (unpaired) electrons. The summed E-state index contributed by atoms with van der Waals surface area (Å²) < 4.78 is 5.37. The van der Waals surface area contributed by atoms with Gasteiger partial charge in [0.1, 0.15) is 6.29 Å². The summed E-state index contributed by atoms with van der Waals surface area (Å²) in [4.78, 5) is 15.7. The number of aliphatic hydroxyl groups is 1. The van der Waals surface area contributed by atoms with Gasteiger partial charge in [0, 0.05) is 32.3 Å². The second-order valence-electron chi connectivity index (χ2n) is 6.02. The molecule has 3 atom stereocenters. The van der Waals surface area contributed by atoms with Gasteiger partial charge in [0.15, 0.2) is 0 Å². The van der Waals surface area contributed by atoms with E-state index in [0.29, 0.717) is 32.3 Å². The van der Waals surface area contributed by atoms with Crippen molar-refractivity contribution in [2.75, 3.05) is 46.9 Å². The second-order valence-corrected chi connectivity index (χ2v) is 6.02. The average molecular weight is 256 g/mol. The summed E-state index contributed by atoms with van der Waals surface area (Å²) in [6, 6.07) is 0.340. The Kier molecular flexibility index (Phi) is 4.37. The van der Waals surface area contributed by atoms with Crippen LogP contribution < -0.4 is 0 Å². The molecule has 2 fully saturated rings. The van der Waals surface area contributed by atoms with E-state index in [-0.39, 0.29) is 11.5 Å². The van der Waals surface area contributed by atoms with Crippen molar-refractivity contribution in [3.63, 3.8) is 0 Å². The number of likely N-dealkylation sites (N-methyl/N-ethyl adjacent to an activating group) is 1. The van der Waals surface area contributed by atoms with E-state index in [2.05, 4.69) is 9.80 Å². The summed E-state index contributed by atoms with van der Waals surface area (Å²) in [5.74, 6) is 0. The summed E-state index contributed by atoms with van der Waals surface area (Å²) in [6.45, 7) is 3.51. The molecule has 3 unspecified atom stereocenters. The smallest absolute Gasteiger partial charge is 0.129 e. The second kappa shape index (κ2) is 5.65. The van der Waals surface area contributed by atoms with Crippen molar-refractivity contribution in [2.45, 2.75) is 25.0 Å². The van der Waals surface area contributed by atoms with Crippen molar-refractivity contribution in [3.8, 4) is 0 Å². The van der Waals surface area contributed by atoms with Crippen molar-refractivity contribution >= 4 is 6.29 Å². The zero-order valence-corrected chi connectivity index (χ0v) is 11.3. The van der Waals surface area contributed by atoms with Crippen LogP contribution in [0.15, 0.2) is 0 Å². The van der Waals surface area contributed by atoms with Crippen LogP contribution in [0, 0.1) is 5.41 Å². The standard InChI is InChI=1S/C13H24N2O3/c1-14(2)6-11-5-12(17)7-15(11)8-13(9-16)3-4-18-10-13/h9,11-12,17H,3-8,10H2,1-2H3. The molecule has 0 bridgehead atoms. The lowest BCUT2D eigenvalue weighted by Gasteiger charge is -2.32. The maximum absolute atomic E-state index is 11.3. The van der Waals surface area contributed by atoms with Crippen molar-refractivity contribution in [2.24, 2.45) is 5.41 Å². The number of β-amino-alcohol motifs (C(OH)–C–C–N with tert-alkyl or cyclic N) is 1. The molecule has 2 rings (SSSR count). The van der Waals surface area contributed by atoms with Crippen LogP contribution in [0.5, 0.6) is 0 Å². The molecule has 2 heterocycles. The van der Waals surface area contributed by atoms with Crippen molar-refractivity contribution < 1.29 is 14.6 Å². The Morgan fingerprint density at radius 3 is 2.89 bits per heavy atom. The van der Waals surface area contributed by atoms with Crippen LogP contribution >= 0.6 is 0 Å². The van der Waals surface area contributed by atoms with E-state index in [1.165, 1.54) is 0 Å². The number of likely N-dealkylation sites (tertiary alicyclic amines) is 1. The molecule has 0 spiro atoms. The number of nitrogens with zero attached hydrogens (tertiary/aromatic N) is 2. The Bertz CT molecular complexity index is 290. The summed E-state index contributed by atoms with van der Waals surface area (Å²) in [7, 11) is 4.08. The zero-order valence-electron chi connectivity index (χ0n) is 11.3. The molecule has 0 aromatic carbocycles. The summed E-state index contributed by atoms with van der Waals surface area (Å²) in [5, 5.41) is 9.83. The highest BCUT2D eigenvalue weighted by Crippen LogP contribution is 2.30. The SMILES string of the molecule is CN(C)CC1CC(O)CN1CC1(C=O)CCOC1. The van der Waals surface area contributed by atoms with Gasteiger partial charge in [-0.25, -0.2) is 0 Å². The number of hydrogen-bond acceptors (Lipinski definition) is 5. The molecule has 5 heteroatoms. The van der Waals surface area contributed by atoms with E-state index >= 15 is 0 Å². The van der Waals surface area contributed by atoms with Gasteiger partial charge < -0.3 is 19.5 Å². The molecule has 0 aromatic rings. The quantitative estimate of drug-likeness (QED) is 0.678. The molecule has 2 aliphatic heterocycles. The lowest BCUT2D eigenvalue weighted by molar-refractivity contribution is -0.117. The Morgan fingerprint density at radius 2 is 2.33 bits per heavy atom. The van der Waals surface area contributed by atoms with Crippen LogP contribution in [0.2, 0.25) is 0 Å². The summed E-state index contributed by atoms with van der Waals surface area (Å²) >= 11 is 0. The largest absolute Gasteiger partial charge is 0.392 e. The highest BCUT2D eigenvalue weighted by molar-refractivity contribution is 5.60. The molecular formula is C13H24N2O3. The molecule has 0 saturated carbocycles. The maximum Gasteiger partial charge on any atom is 0.129 e. The van der Waals surface area contributed by atoms with Crippen LogP contribution in [0.4, 0.5) is 0 Å². The van der Waals surface area contributed by atoms with E-state index in [1.54, 1.807) is 0 Å². The molecule has 104 valence electrons. The zero-order chi connectivity index (χ0) is 13.2. The Balaban J connectivity index is 1.99. The average Bonchev–Trinajstić information content (AvgIpc) is 2.87. The highest BCUT2D eigenvalue weighted by Gasteiger charge is 2.41. The number of rotatable bonds is 5. The third-order valence-corrected chi connectivity index (χ3v) is 3.98. The van der Waals surface area contributed by atoms with Crippen molar-refractivity contribution in [1.82, 2.24) is 9.80 Å². The van der Waals surface area contributed by atoms with Gasteiger partial charge in [0.2, 0.25) is 0 Å². The monoisotopic (exact) mass is 256 g/mol. The van der Waals surface area contributed by atoms with Crippen LogP contribution in [0.25, 0.3) is 0 Å². The lowest BCUT2D eigenvalue weighted by Crippen LogP contribution is -2.45. The fourth-order valence-electron chi connectivity index (χ4n) is 3.05. The first-order valence-electron chi connectivity index (χ1n) is 6.65. The molecule has 1 N–H and O–H groups in total. The van der Waals surface area contributed by atoms with Crippen molar-refractivity contribution in [1.29, 1.82) is 0 Å².